The van der Waals surface area contributed by atoms with Gasteiger partial charge in [-0.3, -0.25) is 4.79 Å². The summed E-state index contributed by atoms with van der Waals surface area (Å²) in [6.45, 7) is 7.88. The van der Waals surface area contributed by atoms with Gasteiger partial charge in [-0.05, 0) is 45.4 Å². The number of nitrogens with zero attached hydrogens (tertiary/aromatic N) is 2. The third-order valence-corrected chi connectivity index (χ3v) is 3.51. The van der Waals surface area contributed by atoms with Crippen LogP contribution in [0.5, 0.6) is 0 Å². The zero-order valence-corrected chi connectivity index (χ0v) is 12.8. The molecule has 0 fully saturated rings. The maximum Gasteiger partial charge on any atom is 0.309 e. The summed E-state index contributed by atoms with van der Waals surface area (Å²) in [5.41, 5.74) is 0.422. The summed E-state index contributed by atoms with van der Waals surface area (Å²) < 4.78 is 0. The number of hydrogen-bond donors (Lipinski definition) is 2. The van der Waals surface area contributed by atoms with Gasteiger partial charge in [-0.25, -0.2) is 4.98 Å². The second-order valence-electron chi connectivity index (χ2n) is 5.65. The van der Waals surface area contributed by atoms with E-state index < -0.39 is 11.4 Å². The third-order valence-electron chi connectivity index (χ3n) is 3.51. The smallest absolute Gasteiger partial charge is 0.309 e. The fourth-order valence-corrected chi connectivity index (χ4v) is 1.65. The van der Waals surface area contributed by atoms with E-state index >= 15 is 0 Å². The van der Waals surface area contributed by atoms with Crippen LogP contribution in [0.25, 0.3) is 0 Å². The lowest BCUT2D eigenvalue weighted by Gasteiger charge is -2.19. The molecule has 5 heteroatoms. The van der Waals surface area contributed by atoms with Crippen molar-refractivity contribution in [1.29, 1.82) is 0 Å². The van der Waals surface area contributed by atoms with E-state index in [-0.39, 0.29) is 0 Å². The molecule has 20 heavy (non-hydrogen) atoms. The number of carbonyl (C=O) groups is 1. The molecule has 1 rings (SSSR count). The Morgan fingerprint density at radius 2 is 2.15 bits per heavy atom. The molecule has 0 spiro atoms. The minimum atomic E-state index is -0.757. The fraction of sp³-hybridized carbons (Fsp3) is 0.600. The van der Waals surface area contributed by atoms with Crippen LogP contribution >= 0.6 is 0 Å². The molecule has 0 aromatic carbocycles. The molecular weight excluding hydrogens is 254 g/mol. The zero-order chi connectivity index (χ0) is 15.2. The minimum absolute atomic E-state index is 0.604. The number of pyridine rings is 1. The Labute approximate surface area is 121 Å². The van der Waals surface area contributed by atoms with Crippen LogP contribution in [-0.4, -0.2) is 36.2 Å². The molecule has 0 unspecified atom stereocenters. The maximum absolute atomic E-state index is 11.0. The summed E-state index contributed by atoms with van der Waals surface area (Å²) in [5.74, 6) is 0.205. The number of aliphatic carboxylic acids is 1. The van der Waals surface area contributed by atoms with E-state index in [1.54, 1.807) is 13.8 Å². The molecule has 1 aromatic heterocycles. The normalized spacial score (nSPS) is 11.4. The molecule has 0 radical (unpaired) electrons. The standard InChI is InChI=1S/C15H25N3O2/c1-5-18(4)13-7-6-12(11-17-13)10-16-9-8-15(2,3)14(19)20/h6-7,11,16H,5,8-10H2,1-4H3,(H,19,20). The molecule has 112 valence electrons. The highest BCUT2D eigenvalue weighted by molar-refractivity contribution is 5.73. The molecule has 0 atom stereocenters. The summed E-state index contributed by atoms with van der Waals surface area (Å²) in [6.07, 6.45) is 2.46. The van der Waals surface area contributed by atoms with Crippen molar-refractivity contribution < 1.29 is 9.90 Å². The highest BCUT2D eigenvalue weighted by Gasteiger charge is 2.25. The van der Waals surface area contributed by atoms with Crippen LogP contribution in [0.3, 0.4) is 0 Å². The first-order valence-electron chi connectivity index (χ1n) is 6.97. The van der Waals surface area contributed by atoms with Gasteiger partial charge in [0.05, 0.1) is 5.41 Å². The number of nitrogens with one attached hydrogen (secondary N) is 1. The van der Waals surface area contributed by atoms with Gasteiger partial charge in [0.2, 0.25) is 0 Å². The predicted octanol–water partition coefficient (Wildman–Crippen LogP) is 2.13. The van der Waals surface area contributed by atoms with E-state index in [1.807, 2.05) is 25.4 Å². The van der Waals surface area contributed by atoms with Crippen LogP contribution < -0.4 is 10.2 Å². The molecule has 0 aliphatic carbocycles. The van der Waals surface area contributed by atoms with Crippen molar-refractivity contribution in [3.63, 3.8) is 0 Å². The average Bonchev–Trinajstić information content (AvgIpc) is 2.43. The number of carboxylic acids is 1. The van der Waals surface area contributed by atoms with Crippen molar-refractivity contribution >= 4 is 11.8 Å². The Hall–Kier alpha value is -1.62. The van der Waals surface area contributed by atoms with E-state index in [1.165, 1.54) is 0 Å². The minimum Gasteiger partial charge on any atom is -0.481 e. The first kappa shape index (κ1) is 16.4. The van der Waals surface area contributed by atoms with Gasteiger partial charge in [0, 0.05) is 26.3 Å². The summed E-state index contributed by atoms with van der Waals surface area (Å²) in [6, 6.07) is 4.05. The van der Waals surface area contributed by atoms with Crippen molar-refractivity contribution in [3.8, 4) is 0 Å². The second kappa shape index (κ2) is 7.24. The Balaban J connectivity index is 2.38. The van der Waals surface area contributed by atoms with E-state index in [2.05, 4.69) is 22.1 Å². The quantitative estimate of drug-likeness (QED) is 0.714. The molecule has 1 heterocycles. The van der Waals surface area contributed by atoms with Crippen molar-refractivity contribution in [3.05, 3.63) is 23.9 Å². The van der Waals surface area contributed by atoms with Gasteiger partial charge < -0.3 is 15.3 Å². The van der Waals surface area contributed by atoms with Gasteiger partial charge in [0.15, 0.2) is 0 Å². The summed E-state index contributed by atoms with van der Waals surface area (Å²) in [7, 11) is 2.01. The van der Waals surface area contributed by atoms with Gasteiger partial charge in [-0.2, -0.15) is 0 Å². The van der Waals surface area contributed by atoms with Crippen LogP contribution in [-0.2, 0) is 11.3 Å². The maximum atomic E-state index is 11.0. The van der Waals surface area contributed by atoms with Crippen molar-refractivity contribution in [2.45, 2.75) is 33.7 Å². The zero-order valence-electron chi connectivity index (χ0n) is 12.8. The van der Waals surface area contributed by atoms with Gasteiger partial charge in [0.1, 0.15) is 5.82 Å². The summed E-state index contributed by atoms with van der Waals surface area (Å²) in [4.78, 5) is 17.4. The topological polar surface area (TPSA) is 65.5 Å². The molecular formula is C15H25N3O2. The van der Waals surface area contributed by atoms with Crippen molar-refractivity contribution in [2.75, 3.05) is 25.0 Å². The Kier molecular flexibility index (Phi) is 5.95. The van der Waals surface area contributed by atoms with E-state index in [4.69, 9.17) is 5.11 Å². The molecule has 1 aromatic rings. The number of anilines is 1. The van der Waals surface area contributed by atoms with E-state index in [0.29, 0.717) is 19.5 Å². The summed E-state index contributed by atoms with van der Waals surface area (Å²) in [5, 5.41) is 12.3. The Morgan fingerprint density at radius 1 is 1.45 bits per heavy atom. The Bertz CT molecular complexity index is 429. The molecule has 0 saturated carbocycles. The summed E-state index contributed by atoms with van der Waals surface area (Å²) >= 11 is 0. The van der Waals surface area contributed by atoms with Crippen LogP contribution in [0, 0.1) is 5.41 Å². The second-order valence-corrected chi connectivity index (χ2v) is 5.65. The fourth-order valence-electron chi connectivity index (χ4n) is 1.65. The highest BCUT2D eigenvalue weighted by atomic mass is 16.4. The third kappa shape index (κ3) is 4.81. The molecule has 0 aliphatic rings. The number of carboxylic acid groups (broad SMARTS) is 1. The molecule has 0 amide bonds. The first-order valence-corrected chi connectivity index (χ1v) is 6.97. The lowest BCUT2D eigenvalue weighted by molar-refractivity contribution is -0.147. The highest BCUT2D eigenvalue weighted by Crippen LogP contribution is 2.19. The Morgan fingerprint density at radius 3 is 2.65 bits per heavy atom. The van der Waals surface area contributed by atoms with Crippen LogP contribution in [0.2, 0.25) is 0 Å². The predicted molar refractivity (Wildman–Crippen MR) is 80.9 cm³/mol. The number of hydrogen-bond acceptors (Lipinski definition) is 4. The van der Waals surface area contributed by atoms with Crippen molar-refractivity contribution in [2.24, 2.45) is 5.41 Å². The van der Waals surface area contributed by atoms with Crippen LogP contribution in [0.15, 0.2) is 18.3 Å². The van der Waals surface area contributed by atoms with Gasteiger partial charge in [-0.15, -0.1) is 0 Å². The lowest BCUT2D eigenvalue weighted by Crippen LogP contribution is -2.28. The molecule has 0 saturated heterocycles. The van der Waals surface area contributed by atoms with Gasteiger partial charge >= 0.3 is 5.97 Å². The number of aromatic nitrogens is 1. The molecule has 0 aliphatic heterocycles. The van der Waals surface area contributed by atoms with Gasteiger partial charge in [-0.1, -0.05) is 6.07 Å². The van der Waals surface area contributed by atoms with Crippen LogP contribution in [0.1, 0.15) is 32.8 Å². The van der Waals surface area contributed by atoms with Gasteiger partial charge in [0.25, 0.3) is 0 Å². The van der Waals surface area contributed by atoms with Crippen LogP contribution in [0.4, 0.5) is 5.82 Å². The SMILES string of the molecule is CCN(C)c1ccc(CNCCC(C)(C)C(=O)O)cn1. The monoisotopic (exact) mass is 279 g/mol. The molecule has 0 bridgehead atoms. The van der Waals surface area contributed by atoms with Crippen molar-refractivity contribution in [1.82, 2.24) is 10.3 Å². The lowest BCUT2D eigenvalue weighted by atomic mass is 9.90. The van der Waals surface area contributed by atoms with E-state index in [9.17, 15) is 4.79 Å². The molecule has 5 nitrogen and oxygen atoms in total. The van der Waals surface area contributed by atoms with E-state index in [0.717, 1.165) is 17.9 Å². The molecule has 2 N–H and O–H groups in total. The largest absolute Gasteiger partial charge is 0.481 e. The number of rotatable bonds is 8. The average molecular weight is 279 g/mol. The first-order chi connectivity index (χ1) is 9.36.